The average Bonchev–Trinajstić information content (AvgIpc) is 2.92. The Morgan fingerprint density at radius 2 is 1.54 bits per heavy atom. The van der Waals surface area contributed by atoms with E-state index in [1.807, 2.05) is 24.3 Å². The third-order valence-corrected chi connectivity index (χ3v) is 7.27. The van der Waals surface area contributed by atoms with Crippen molar-refractivity contribution in [2.24, 2.45) is 5.92 Å². The molecule has 7 heteroatoms. The Kier molecular flexibility index (Phi) is 7.96. The van der Waals surface area contributed by atoms with Crippen LogP contribution in [0.25, 0.3) is 21.7 Å². The molecule has 0 radical (unpaired) electrons. The number of aliphatic hydroxyl groups excluding tert-OH is 1. The standard InChI is InChI=1S/C30H37N5O2/c1-21(2)28(30(36)37-3)33-29-25-10-6-7-11-26(25)31-27(32-29)20-35-16-14-34(15-17-35)19-22-12-13-23-8-4-5-9-24(23)18-22/h4-13,18,21,28,30,36H,14-17,19-20H2,1-3H3,(H,31,32,33)/t28-,30?/m0/s1. The fraction of sp³-hybridized carbons (Fsp3) is 0.400. The molecular weight excluding hydrogens is 462 g/mol. The van der Waals surface area contributed by atoms with Gasteiger partial charge in [0.1, 0.15) is 11.6 Å². The zero-order chi connectivity index (χ0) is 25.8. The van der Waals surface area contributed by atoms with Crippen molar-refractivity contribution in [2.45, 2.75) is 39.3 Å². The van der Waals surface area contributed by atoms with Crippen LogP contribution >= 0.6 is 0 Å². The number of methoxy groups -OCH3 is 1. The average molecular weight is 500 g/mol. The summed E-state index contributed by atoms with van der Waals surface area (Å²) in [6.07, 6.45) is -0.923. The number of anilines is 1. The van der Waals surface area contributed by atoms with Crippen LogP contribution in [0.3, 0.4) is 0 Å². The van der Waals surface area contributed by atoms with Crippen LogP contribution < -0.4 is 5.32 Å². The van der Waals surface area contributed by atoms with Gasteiger partial charge in [0.25, 0.3) is 0 Å². The molecule has 0 aliphatic carbocycles. The highest BCUT2D eigenvalue weighted by atomic mass is 16.6. The van der Waals surface area contributed by atoms with E-state index in [0.29, 0.717) is 6.54 Å². The van der Waals surface area contributed by atoms with Crippen molar-refractivity contribution in [3.8, 4) is 0 Å². The van der Waals surface area contributed by atoms with Crippen LogP contribution in [0.15, 0.2) is 66.7 Å². The maximum atomic E-state index is 10.4. The fourth-order valence-electron chi connectivity index (χ4n) is 5.08. The smallest absolute Gasteiger partial charge is 0.174 e. The number of para-hydroxylation sites is 1. The summed E-state index contributed by atoms with van der Waals surface area (Å²) < 4.78 is 5.22. The lowest BCUT2D eigenvalue weighted by atomic mass is 10.0. The summed E-state index contributed by atoms with van der Waals surface area (Å²) in [7, 11) is 1.52. The Labute approximate surface area is 219 Å². The second-order valence-electron chi connectivity index (χ2n) is 10.3. The molecule has 2 atom stereocenters. The number of nitrogens with zero attached hydrogens (tertiary/aromatic N) is 4. The first-order valence-corrected chi connectivity index (χ1v) is 13.2. The van der Waals surface area contributed by atoms with Gasteiger partial charge in [-0.05, 0) is 40.5 Å². The van der Waals surface area contributed by atoms with Crippen molar-refractivity contribution in [3.63, 3.8) is 0 Å². The zero-order valence-electron chi connectivity index (χ0n) is 22.0. The Morgan fingerprint density at radius 1 is 0.865 bits per heavy atom. The normalized spacial score (nSPS) is 16.9. The Balaban J connectivity index is 1.25. The van der Waals surface area contributed by atoms with Crippen LogP contribution in [0.4, 0.5) is 5.82 Å². The molecule has 194 valence electrons. The first-order valence-electron chi connectivity index (χ1n) is 13.2. The Bertz CT molecular complexity index is 1340. The van der Waals surface area contributed by atoms with Crippen LogP contribution in [-0.4, -0.2) is 70.5 Å². The highest BCUT2D eigenvalue weighted by molar-refractivity contribution is 5.89. The molecule has 0 bridgehead atoms. The SMILES string of the molecule is COC(O)[C@@H](Nc1nc(CN2CCN(Cc3ccc4ccccc4c3)CC2)nc2ccccc12)C(C)C. The van der Waals surface area contributed by atoms with Gasteiger partial charge in [-0.15, -0.1) is 0 Å². The summed E-state index contributed by atoms with van der Waals surface area (Å²) in [6, 6.07) is 23.1. The molecular formula is C30H37N5O2. The predicted molar refractivity (Wildman–Crippen MR) is 149 cm³/mol. The first kappa shape index (κ1) is 25.5. The summed E-state index contributed by atoms with van der Waals surface area (Å²) in [5.74, 6) is 1.69. The molecule has 0 spiro atoms. The Hall–Kier alpha value is -3.10. The minimum Gasteiger partial charge on any atom is -0.366 e. The van der Waals surface area contributed by atoms with Gasteiger partial charge in [0, 0.05) is 45.2 Å². The molecule has 5 rings (SSSR count). The second-order valence-corrected chi connectivity index (χ2v) is 10.3. The number of aromatic nitrogens is 2. The summed E-state index contributed by atoms with van der Waals surface area (Å²) in [5.41, 5.74) is 2.26. The van der Waals surface area contributed by atoms with Gasteiger partial charge in [-0.25, -0.2) is 9.97 Å². The van der Waals surface area contributed by atoms with E-state index in [2.05, 4.69) is 71.4 Å². The summed E-state index contributed by atoms with van der Waals surface area (Å²) in [4.78, 5) is 14.7. The number of ether oxygens (including phenoxy) is 1. The number of nitrogens with one attached hydrogen (secondary N) is 1. The highest BCUT2D eigenvalue weighted by Crippen LogP contribution is 2.24. The topological polar surface area (TPSA) is 73.8 Å². The molecule has 2 heterocycles. The van der Waals surface area contributed by atoms with Gasteiger partial charge in [0.15, 0.2) is 6.29 Å². The minimum absolute atomic E-state index is 0.155. The van der Waals surface area contributed by atoms with Crippen LogP contribution in [0.1, 0.15) is 25.2 Å². The molecule has 1 fully saturated rings. The summed E-state index contributed by atoms with van der Waals surface area (Å²) in [5, 5.41) is 17.4. The molecule has 0 saturated carbocycles. The lowest BCUT2D eigenvalue weighted by Gasteiger charge is -2.34. The minimum atomic E-state index is -0.923. The molecule has 2 N–H and O–H groups in total. The quantitative estimate of drug-likeness (QED) is 0.329. The molecule has 3 aromatic carbocycles. The van der Waals surface area contributed by atoms with E-state index < -0.39 is 6.29 Å². The molecule has 37 heavy (non-hydrogen) atoms. The van der Waals surface area contributed by atoms with Crippen molar-refractivity contribution in [3.05, 3.63) is 78.1 Å². The number of rotatable bonds is 9. The highest BCUT2D eigenvalue weighted by Gasteiger charge is 2.24. The van der Waals surface area contributed by atoms with E-state index >= 15 is 0 Å². The Morgan fingerprint density at radius 3 is 2.27 bits per heavy atom. The number of hydrogen-bond donors (Lipinski definition) is 2. The monoisotopic (exact) mass is 499 g/mol. The van der Waals surface area contributed by atoms with Crippen LogP contribution in [0.5, 0.6) is 0 Å². The lowest BCUT2D eigenvalue weighted by Crippen LogP contribution is -2.45. The van der Waals surface area contributed by atoms with E-state index in [0.717, 1.165) is 55.3 Å². The number of fused-ring (bicyclic) bond motifs is 2. The third-order valence-electron chi connectivity index (χ3n) is 7.27. The van der Waals surface area contributed by atoms with E-state index in [4.69, 9.17) is 14.7 Å². The van der Waals surface area contributed by atoms with E-state index in [1.54, 1.807) is 0 Å². The lowest BCUT2D eigenvalue weighted by molar-refractivity contribution is -0.0926. The van der Waals surface area contributed by atoms with Gasteiger partial charge in [-0.1, -0.05) is 62.4 Å². The maximum absolute atomic E-state index is 10.4. The van der Waals surface area contributed by atoms with Crippen molar-refractivity contribution < 1.29 is 9.84 Å². The molecule has 1 aromatic heterocycles. The van der Waals surface area contributed by atoms with Gasteiger partial charge in [-0.2, -0.15) is 0 Å². The maximum Gasteiger partial charge on any atom is 0.174 e. The van der Waals surface area contributed by atoms with Crippen molar-refractivity contribution in [1.82, 2.24) is 19.8 Å². The molecule has 1 aliphatic rings. The first-order chi connectivity index (χ1) is 18.0. The largest absolute Gasteiger partial charge is 0.366 e. The van der Waals surface area contributed by atoms with Gasteiger partial charge in [-0.3, -0.25) is 9.80 Å². The predicted octanol–water partition coefficient (Wildman–Crippen LogP) is 4.50. The number of hydrogen-bond acceptors (Lipinski definition) is 7. The van der Waals surface area contributed by atoms with Crippen LogP contribution in [-0.2, 0) is 17.8 Å². The van der Waals surface area contributed by atoms with E-state index in [1.165, 1.54) is 23.4 Å². The number of benzene rings is 3. The molecule has 0 amide bonds. The fourth-order valence-corrected chi connectivity index (χ4v) is 5.08. The van der Waals surface area contributed by atoms with Gasteiger partial charge in [0.05, 0.1) is 18.1 Å². The van der Waals surface area contributed by atoms with Crippen LogP contribution in [0.2, 0.25) is 0 Å². The van der Waals surface area contributed by atoms with E-state index in [9.17, 15) is 5.11 Å². The molecule has 4 aromatic rings. The third kappa shape index (κ3) is 6.08. The molecule has 1 unspecified atom stereocenters. The summed E-state index contributed by atoms with van der Waals surface area (Å²) in [6.45, 7) is 9.76. The summed E-state index contributed by atoms with van der Waals surface area (Å²) >= 11 is 0. The van der Waals surface area contributed by atoms with Crippen molar-refractivity contribution in [2.75, 3.05) is 38.6 Å². The second kappa shape index (κ2) is 11.5. The van der Waals surface area contributed by atoms with Gasteiger partial charge in [0.2, 0.25) is 0 Å². The molecule has 1 saturated heterocycles. The van der Waals surface area contributed by atoms with Gasteiger partial charge >= 0.3 is 0 Å². The molecule has 7 nitrogen and oxygen atoms in total. The van der Waals surface area contributed by atoms with Gasteiger partial charge < -0.3 is 15.2 Å². The van der Waals surface area contributed by atoms with Crippen molar-refractivity contribution >= 4 is 27.5 Å². The van der Waals surface area contributed by atoms with E-state index in [-0.39, 0.29) is 12.0 Å². The number of piperazine rings is 1. The van der Waals surface area contributed by atoms with Crippen molar-refractivity contribution in [1.29, 1.82) is 0 Å². The zero-order valence-corrected chi connectivity index (χ0v) is 22.0. The van der Waals surface area contributed by atoms with Crippen LogP contribution in [0, 0.1) is 5.92 Å². The number of aliphatic hydroxyl groups is 1. The molecule has 1 aliphatic heterocycles.